The molecule has 0 unspecified atom stereocenters. The molecule has 5 atom stereocenters. The molecule has 0 spiro atoms. The van der Waals surface area contributed by atoms with Crippen LogP contribution in [0, 0.1) is 5.92 Å². The smallest absolute Gasteiger partial charge is 0.163 e. The first kappa shape index (κ1) is 22.6. The topological polar surface area (TPSA) is 57.2 Å². The monoisotopic (exact) mass is 390 g/mol. The molecular weight excluding hydrogens is 356 g/mol. The predicted octanol–water partition coefficient (Wildman–Crippen LogP) is 4.25. The van der Waals surface area contributed by atoms with Crippen LogP contribution in [0.5, 0.6) is 5.75 Å². The van der Waals surface area contributed by atoms with Crippen molar-refractivity contribution < 1.29 is 24.1 Å². The van der Waals surface area contributed by atoms with Crippen LogP contribution < -0.4 is 4.74 Å². The SMILES string of the molecule is C=CC[C@@H]1OC(C)(C)O[C@H]1[C@@H](C=C[C@@H](C)[C@H](C)O)OCc1ccc(OC)cc1. The van der Waals surface area contributed by atoms with Crippen LogP contribution in [-0.4, -0.2) is 42.4 Å². The first-order valence-corrected chi connectivity index (χ1v) is 9.83. The van der Waals surface area contributed by atoms with E-state index in [2.05, 4.69) is 6.58 Å². The quantitative estimate of drug-likeness (QED) is 0.605. The number of aliphatic hydroxyl groups is 1. The third kappa shape index (κ3) is 6.45. The maximum absolute atomic E-state index is 9.80. The van der Waals surface area contributed by atoms with Gasteiger partial charge in [0.1, 0.15) is 18.0 Å². The number of methoxy groups -OCH3 is 1. The Bertz CT molecular complexity index is 635. The van der Waals surface area contributed by atoms with Gasteiger partial charge < -0.3 is 24.1 Å². The van der Waals surface area contributed by atoms with E-state index < -0.39 is 11.9 Å². The largest absolute Gasteiger partial charge is 0.497 e. The molecule has 1 aliphatic heterocycles. The van der Waals surface area contributed by atoms with Crippen molar-refractivity contribution in [2.75, 3.05) is 7.11 Å². The third-order valence-corrected chi connectivity index (χ3v) is 4.91. The molecule has 1 fully saturated rings. The van der Waals surface area contributed by atoms with Crippen molar-refractivity contribution in [1.29, 1.82) is 0 Å². The Labute approximate surface area is 168 Å². The number of hydrogen-bond donors (Lipinski definition) is 1. The van der Waals surface area contributed by atoms with Gasteiger partial charge in [-0.2, -0.15) is 0 Å². The molecule has 0 radical (unpaired) electrons. The average Bonchev–Trinajstić information content (AvgIpc) is 2.96. The molecule has 1 aromatic rings. The second kappa shape index (κ2) is 10.2. The van der Waals surface area contributed by atoms with Crippen LogP contribution in [-0.2, 0) is 20.8 Å². The lowest BCUT2D eigenvalue weighted by atomic mass is 10.0. The minimum atomic E-state index is -0.677. The Balaban J connectivity index is 2.16. The van der Waals surface area contributed by atoms with Crippen LogP contribution in [0.4, 0.5) is 0 Å². The van der Waals surface area contributed by atoms with E-state index in [1.807, 2.05) is 63.3 Å². The zero-order chi connectivity index (χ0) is 20.7. The summed E-state index contributed by atoms with van der Waals surface area (Å²) in [5.74, 6) is 0.149. The van der Waals surface area contributed by atoms with Crippen LogP contribution in [0.2, 0.25) is 0 Å². The second-order valence-corrected chi connectivity index (χ2v) is 7.77. The van der Waals surface area contributed by atoms with Crippen LogP contribution in [0.15, 0.2) is 49.1 Å². The molecule has 1 heterocycles. The van der Waals surface area contributed by atoms with Crippen LogP contribution in [0.3, 0.4) is 0 Å². The second-order valence-electron chi connectivity index (χ2n) is 7.77. The third-order valence-electron chi connectivity index (χ3n) is 4.91. The average molecular weight is 391 g/mol. The molecule has 0 amide bonds. The molecule has 1 N–H and O–H groups in total. The molecule has 156 valence electrons. The highest BCUT2D eigenvalue weighted by Gasteiger charge is 2.44. The Morgan fingerprint density at radius 2 is 1.86 bits per heavy atom. The Morgan fingerprint density at radius 3 is 2.43 bits per heavy atom. The lowest BCUT2D eigenvalue weighted by Gasteiger charge is -2.25. The van der Waals surface area contributed by atoms with Gasteiger partial charge in [0.15, 0.2) is 5.79 Å². The van der Waals surface area contributed by atoms with Crippen molar-refractivity contribution >= 4 is 0 Å². The van der Waals surface area contributed by atoms with Crippen molar-refractivity contribution in [1.82, 2.24) is 0 Å². The van der Waals surface area contributed by atoms with E-state index in [1.54, 1.807) is 14.0 Å². The molecule has 28 heavy (non-hydrogen) atoms. The van der Waals surface area contributed by atoms with Crippen molar-refractivity contribution in [2.45, 2.75) is 70.9 Å². The Morgan fingerprint density at radius 1 is 1.18 bits per heavy atom. The summed E-state index contributed by atoms with van der Waals surface area (Å²) >= 11 is 0. The molecular formula is C23H34O5. The fourth-order valence-corrected chi connectivity index (χ4v) is 3.11. The maximum atomic E-state index is 9.80. The first-order chi connectivity index (χ1) is 13.3. The summed E-state index contributed by atoms with van der Waals surface area (Å²) < 4.78 is 23.7. The highest BCUT2D eigenvalue weighted by Crippen LogP contribution is 2.33. The normalized spacial score (nSPS) is 24.8. The summed E-state index contributed by atoms with van der Waals surface area (Å²) in [5, 5.41) is 9.80. The molecule has 5 nitrogen and oxygen atoms in total. The van der Waals surface area contributed by atoms with E-state index in [4.69, 9.17) is 18.9 Å². The number of rotatable bonds is 10. The lowest BCUT2D eigenvalue weighted by Crippen LogP contribution is -2.36. The molecule has 1 saturated heterocycles. The minimum absolute atomic E-state index is 0.0141. The van der Waals surface area contributed by atoms with Gasteiger partial charge in [-0.3, -0.25) is 0 Å². The van der Waals surface area contributed by atoms with Gasteiger partial charge in [0.2, 0.25) is 0 Å². The van der Waals surface area contributed by atoms with E-state index in [1.165, 1.54) is 0 Å². The number of aliphatic hydroxyl groups excluding tert-OH is 1. The van der Waals surface area contributed by atoms with E-state index in [-0.39, 0.29) is 24.2 Å². The lowest BCUT2D eigenvalue weighted by molar-refractivity contribution is -0.156. The molecule has 5 heteroatoms. The summed E-state index contributed by atoms with van der Waals surface area (Å²) in [6.07, 6.45) is 5.33. The number of ether oxygens (including phenoxy) is 4. The van der Waals surface area contributed by atoms with E-state index in [9.17, 15) is 5.11 Å². The van der Waals surface area contributed by atoms with Gasteiger partial charge in [-0.1, -0.05) is 37.3 Å². The molecule has 1 aliphatic rings. The van der Waals surface area contributed by atoms with Crippen molar-refractivity contribution in [3.63, 3.8) is 0 Å². The van der Waals surface area contributed by atoms with Crippen molar-refractivity contribution in [3.05, 3.63) is 54.6 Å². The zero-order valence-electron chi connectivity index (χ0n) is 17.6. The highest BCUT2D eigenvalue weighted by atomic mass is 16.8. The molecule has 0 aromatic heterocycles. The van der Waals surface area contributed by atoms with Gasteiger partial charge in [-0.25, -0.2) is 0 Å². The molecule has 2 rings (SSSR count). The highest BCUT2D eigenvalue weighted by molar-refractivity contribution is 5.26. The van der Waals surface area contributed by atoms with Gasteiger partial charge in [0.05, 0.1) is 25.9 Å². The van der Waals surface area contributed by atoms with E-state index >= 15 is 0 Å². The number of benzene rings is 1. The van der Waals surface area contributed by atoms with Crippen molar-refractivity contribution in [3.8, 4) is 5.75 Å². The van der Waals surface area contributed by atoms with Crippen molar-refractivity contribution in [2.24, 2.45) is 5.92 Å². The van der Waals surface area contributed by atoms with Crippen LogP contribution in [0.25, 0.3) is 0 Å². The zero-order valence-corrected chi connectivity index (χ0v) is 17.6. The molecule has 0 saturated carbocycles. The molecule has 1 aromatic carbocycles. The van der Waals surface area contributed by atoms with E-state index in [0.717, 1.165) is 11.3 Å². The van der Waals surface area contributed by atoms with Gasteiger partial charge in [-0.05, 0) is 50.8 Å². The molecule has 0 bridgehead atoms. The summed E-state index contributed by atoms with van der Waals surface area (Å²) in [7, 11) is 1.65. The standard InChI is InChI=1S/C23H34O5/c1-7-8-21-22(28-23(4,5)27-21)20(14-9-16(2)17(3)24)26-15-18-10-12-19(25-6)13-11-18/h7,9-14,16-17,20-22,24H,1,8,15H2,2-6H3/t16-,17+,20-,21+,22+/m1/s1. The summed E-state index contributed by atoms with van der Waals surface area (Å²) in [5.41, 5.74) is 1.04. The Kier molecular flexibility index (Phi) is 8.25. The summed E-state index contributed by atoms with van der Waals surface area (Å²) in [4.78, 5) is 0. The maximum Gasteiger partial charge on any atom is 0.163 e. The minimum Gasteiger partial charge on any atom is -0.497 e. The molecule has 0 aliphatic carbocycles. The number of hydrogen-bond acceptors (Lipinski definition) is 5. The van der Waals surface area contributed by atoms with Crippen LogP contribution in [0.1, 0.15) is 39.7 Å². The fourth-order valence-electron chi connectivity index (χ4n) is 3.11. The summed E-state index contributed by atoms with van der Waals surface area (Å²) in [6, 6.07) is 7.79. The fraction of sp³-hybridized carbons (Fsp3) is 0.565. The van der Waals surface area contributed by atoms with Gasteiger partial charge in [-0.15, -0.1) is 6.58 Å². The Hall–Kier alpha value is -1.66. The summed E-state index contributed by atoms with van der Waals surface area (Å²) in [6.45, 7) is 11.8. The van der Waals surface area contributed by atoms with Gasteiger partial charge >= 0.3 is 0 Å². The van der Waals surface area contributed by atoms with E-state index in [0.29, 0.717) is 13.0 Å². The first-order valence-electron chi connectivity index (χ1n) is 9.83. The predicted molar refractivity (Wildman–Crippen MR) is 110 cm³/mol. The van der Waals surface area contributed by atoms with Crippen LogP contribution >= 0.6 is 0 Å². The van der Waals surface area contributed by atoms with Gasteiger partial charge in [0, 0.05) is 0 Å². The van der Waals surface area contributed by atoms with Gasteiger partial charge in [0.25, 0.3) is 0 Å².